The molecule has 1 saturated carbocycles. The third-order valence-corrected chi connectivity index (χ3v) is 5.69. The van der Waals surface area contributed by atoms with Gasteiger partial charge in [-0.15, -0.1) is 0 Å². The molecule has 1 aliphatic heterocycles. The molecule has 0 aromatic heterocycles. The van der Waals surface area contributed by atoms with Crippen LogP contribution in [-0.4, -0.2) is 17.6 Å². The van der Waals surface area contributed by atoms with Gasteiger partial charge >= 0.3 is 0 Å². The number of guanidine groups is 2. The van der Waals surface area contributed by atoms with Crippen molar-refractivity contribution in [1.29, 1.82) is 0 Å². The first-order valence-corrected chi connectivity index (χ1v) is 9.05. The zero-order chi connectivity index (χ0) is 17.6. The zero-order valence-corrected chi connectivity index (χ0v) is 15.0. The van der Waals surface area contributed by atoms with E-state index in [0.29, 0.717) is 11.9 Å². The molecular weight excluding hydrogens is 334 g/mol. The molecule has 4 rings (SSSR count). The summed E-state index contributed by atoms with van der Waals surface area (Å²) in [6, 6.07) is 12.0. The summed E-state index contributed by atoms with van der Waals surface area (Å²) in [5.74, 6) is 1.35. The van der Waals surface area contributed by atoms with E-state index in [1.165, 1.54) is 0 Å². The van der Waals surface area contributed by atoms with E-state index in [1.807, 2.05) is 30.3 Å². The highest BCUT2D eigenvalue weighted by Crippen LogP contribution is 2.43. The van der Waals surface area contributed by atoms with E-state index in [-0.39, 0.29) is 5.96 Å². The van der Waals surface area contributed by atoms with E-state index in [2.05, 4.69) is 22.9 Å². The molecule has 1 heterocycles. The number of fused-ring (bicyclic) bond motifs is 1. The van der Waals surface area contributed by atoms with Crippen LogP contribution in [0.15, 0.2) is 46.4 Å². The van der Waals surface area contributed by atoms with Gasteiger partial charge in [0.25, 0.3) is 0 Å². The molecule has 0 unspecified atom stereocenters. The summed E-state index contributed by atoms with van der Waals surface area (Å²) < 4.78 is 0. The minimum atomic E-state index is -0.459. The van der Waals surface area contributed by atoms with Gasteiger partial charge in [0.15, 0.2) is 0 Å². The van der Waals surface area contributed by atoms with Crippen molar-refractivity contribution >= 4 is 40.0 Å². The Kier molecular flexibility index (Phi) is 3.84. The standard InChI is InChI=1S/C19H22ClN5/c1-12-8-10-19(11-9-12)24-17(21)23-18(22)25(19)16-7-6-15(20)13-4-2-3-5-14(13)16/h2-7,12H,8-11H2,1H3,(H4,21,22,23,24). The fourth-order valence-electron chi connectivity index (χ4n) is 4.02. The first-order valence-electron chi connectivity index (χ1n) is 8.67. The molecule has 130 valence electrons. The van der Waals surface area contributed by atoms with Gasteiger partial charge in [-0.25, -0.2) is 4.99 Å². The SMILES string of the molecule is CC1CCC2(CC1)N=C(N)N=C(N)N2c1ccc(Cl)c2ccccc12. The lowest BCUT2D eigenvalue weighted by molar-refractivity contribution is 0.253. The van der Waals surface area contributed by atoms with Crippen LogP contribution in [-0.2, 0) is 0 Å². The van der Waals surface area contributed by atoms with E-state index < -0.39 is 5.66 Å². The zero-order valence-electron chi connectivity index (χ0n) is 14.2. The second-order valence-corrected chi connectivity index (χ2v) is 7.46. The molecule has 1 aliphatic carbocycles. The maximum Gasteiger partial charge on any atom is 0.220 e. The van der Waals surface area contributed by atoms with Gasteiger partial charge in [0, 0.05) is 15.8 Å². The Morgan fingerprint density at radius 1 is 1.08 bits per heavy atom. The lowest BCUT2D eigenvalue weighted by Crippen LogP contribution is -2.58. The van der Waals surface area contributed by atoms with Crippen LogP contribution in [0, 0.1) is 5.92 Å². The number of nitrogens with zero attached hydrogens (tertiary/aromatic N) is 3. The van der Waals surface area contributed by atoms with Crippen LogP contribution < -0.4 is 16.4 Å². The van der Waals surface area contributed by atoms with Gasteiger partial charge in [0.05, 0.1) is 5.69 Å². The highest BCUT2D eigenvalue weighted by Gasteiger charge is 2.44. The Labute approximate surface area is 152 Å². The van der Waals surface area contributed by atoms with Crippen molar-refractivity contribution in [1.82, 2.24) is 0 Å². The van der Waals surface area contributed by atoms with Gasteiger partial charge in [0.2, 0.25) is 11.9 Å². The Bertz CT molecular complexity index is 881. The van der Waals surface area contributed by atoms with Crippen molar-refractivity contribution in [3.05, 3.63) is 41.4 Å². The van der Waals surface area contributed by atoms with E-state index in [9.17, 15) is 0 Å². The number of halogens is 1. The summed E-state index contributed by atoms with van der Waals surface area (Å²) in [4.78, 5) is 11.1. The maximum atomic E-state index is 6.40. The normalized spacial score (nSPS) is 26.6. The van der Waals surface area contributed by atoms with Crippen LogP contribution in [0.2, 0.25) is 5.02 Å². The predicted molar refractivity (Wildman–Crippen MR) is 105 cm³/mol. The van der Waals surface area contributed by atoms with Crippen LogP contribution in [0.1, 0.15) is 32.6 Å². The van der Waals surface area contributed by atoms with E-state index in [4.69, 9.17) is 28.1 Å². The first-order chi connectivity index (χ1) is 12.0. The van der Waals surface area contributed by atoms with Crippen molar-refractivity contribution in [2.75, 3.05) is 4.90 Å². The highest BCUT2D eigenvalue weighted by atomic mass is 35.5. The van der Waals surface area contributed by atoms with E-state index >= 15 is 0 Å². The quantitative estimate of drug-likeness (QED) is 0.815. The van der Waals surface area contributed by atoms with Crippen molar-refractivity contribution < 1.29 is 0 Å². The molecular formula is C19H22ClN5. The Hall–Kier alpha value is -2.27. The van der Waals surface area contributed by atoms with Crippen molar-refractivity contribution in [2.45, 2.75) is 38.3 Å². The molecule has 1 spiro atoms. The van der Waals surface area contributed by atoms with E-state index in [1.54, 1.807) is 0 Å². The average Bonchev–Trinajstić information content (AvgIpc) is 2.59. The van der Waals surface area contributed by atoms with E-state index in [0.717, 1.165) is 47.2 Å². The monoisotopic (exact) mass is 355 g/mol. The summed E-state index contributed by atoms with van der Waals surface area (Å²) >= 11 is 6.40. The van der Waals surface area contributed by atoms with Gasteiger partial charge in [-0.2, -0.15) is 4.99 Å². The summed E-state index contributed by atoms with van der Waals surface area (Å²) in [5, 5.41) is 2.76. The molecule has 0 atom stereocenters. The summed E-state index contributed by atoms with van der Waals surface area (Å²) in [5.41, 5.74) is 12.8. The lowest BCUT2D eigenvalue weighted by Gasteiger charge is -2.47. The number of rotatable bonds is 1. The van der Waals surface area contributed by atoms with Crippen LogP contribution in [0.3, 0.4) is 0 Å². The molecule has 0 bridgehead atoms. The largest absolute Gasteiger partial charge is 0.369 e. The summed E-state index contributed by atoms with van der Waals surface area (Å²) in [6.07, 6.45) is 3.99. The van der Waals surface area contributed by atoms with Gasteiger partial charge in [0.1, 0.15) is 5.66 Å². The number of hydrogen-bond acceptors (Lipinski definition) is 5. The second kappa shape index (κ2) is 5.92. The Morgan fingerprint density at radius 3 is 2.48 bits per heavy atom. The van der Waals surface area contributed by atoms with Crippen LogP contribution >= 0.6 is 11.6 Å². The van der Waals surface area contributed by atoms with Crippen molar-refractivity contribution in [3.8, 4) is 0 Å². The van der Waals surface area contributed by atoms with Crippen LogP contribution in [0.4, 0.5) is 5.69 Å². The Morgan fingerprint density at radius 2 is 1.76 bits per heavy atom. The number of hydrogen-bond donors (Lipinski definition) is 2. The third kappa shape index (κ3) is 2.63. The molecule has 2 aromatic carbocycles. The summed E-state index contributed by atoms with van der Waals surface area (Å²) in [7, 11) is 0. The van der Waals surface area contributed by atoms with Gasteiger partial charge in [-0.1, -0.05) is 42.8 Å². The second-order valence-electron chi connectivity index (χ2n) is 7.05. The van der Waals surface area contributed by atoms with Gasteiger partial charge < -0.3 is 11.5 Å². The van der Waals surface area contributed by atoms with Gasteiger partial charge in [-0.3, -0.25) is 4.90 Å². The molecule has 25 heavy (non-hydrogen) atoms. The highest BCUT2D eigenvalue weighted by molar-refractivity contribution is 6.36. The molecule has 0 radical (unpaired) electrons. The predicted octanol–water partition coefficient (Wildman–Crippen LogP) is 3.85. The number of nitrogens with two attached hydrogens (primary N) is 2. The van der Waals surface area contributed by atoms with Crippen LogP contribution in [0.5, 0.6) is 0 Å². The Balaban J connectivity index is 1.91. The molecule has 0 amide bonds. The fraction of sp³-hybridized carbons (Fsp3) is 0.368. The van der Waals surface area contributed by atoms with Crippen LogP contribution in [0.25, 0.3) is 10.8 Å². The van der Waals surface area contributed by atoms with Crippen molar-refractivity contribution in [2.24, 2.45) is 27.4 Å². The molecule has 0 saturated heterocycles. The molecule has 5 nitrogen and oxygen atoms in total. The average molecular weight is 356 g/mol. The molecule has 6 heteroatoms. The number of anilines is 1. The molecule has 4 N–H and O–H groups in total. The number of benzene rings is 2. The number of aliphatic imine (C=N–C) groups is 2. The molecule has 2 aliphatic rings. The maximum absolute atomic E-state index is 6.40. The lowest BCUT2D eigenvalue weighted by atomic mass is 9.81. The summed E-state index contributed by atoms with van der Waals surface area (Å²) in [6.45, 7) is 2.28. The third-order valence-electron chi connectivity index (χ3n) is 5.36. The minimum Gasteiger partial charge on any atom is -0.369 e. The topological polar surface area (TPSA) is 80.0 Å². The van der Waals surface area contributed by atoms with Crippen molar-refractivity contribution in [3.63, 3.8) is 0 Å². The molecule has 2 aromatic rings. The first kappa shape index (κ1) is 16.2. The molecule has 1 fully saturated rings. The minimum absolute atomic E-state index is 0.265. The van der Waals surface area contributed by atoms with Gasteiger partial charge in [-0.05, 0) is 43.7 Å². The smallest absolute Gasteiger partial charge is 0.220 e. The fourth-order valence-corrected chi connectivity index (χ4v) is 4.25.